The summed E-state index contributed by atoms with van der Waals surface area (Å²) >= 11 is 6.00. The number of aromatic nitrogens is 3. The molecule has 0 spiro atoms. The van der Waals surface area contributed by atoms with E-state index in [0.717, 1.165) is 42.6 Å². The highest BCUT2D eigenvalue weighted by Gasteiger charge is 2.15. The smallest absolute Gasteiger partial charge is 0.259 e. The molecule has 0 aliphatic carbocycles. The second kappa shape index (κ2) is 8.13. The molecule has 29 heavy (non-hydrogen) atoms. The third-order valence-corrected chi connectivity index (χ3v) is 5.26. The van der Waals surface area contributed by atoms with Gasteiger partial charge in [0.2, 0.25) is 5.78 Å². The van der Waals surface area contributed by atoms with E-state index >= 15 is 0 Å². The summed E-state index contributed by atoms with van der Waals surface area (Å²) < 4.78 is 3.68. The lowest BCUT2D eigenvalue weighted by Gasteiger charge is -2.10. The van der Waals surface area contributed by atoms with E-state index in [-0.39, 0.29) is 11.3 Å². The van der Waals surface area contributed by atoms with Gasteiger partial charge in [-0.2, -0.15) is 0 Å². The Kier molecular flexibility index (Phi) is 5.41. The molecule has 5 nitrogen and oxygen atoms in total. The van der Waals surface area contributed by atoms with Crippen LogP contribution in [0.3, 0.4) is 0 Å². The largest absolute Gasteiger partial charge is 0.508 e. The normalized spacial score (nSPS) is 11.2. The molecule has 2 aromatic carbocycles. The van der Waals surface area contributed by atoms with Crippen molar-refractivity contribution in [3.63, 3.8) is 0 Å². The molecule has 0 unspecified atom stereocenters. The molecule has 2 heterocycles. The number of halogens is 1. The van der Waals surface area contributed by atoms with E-state index in [1.165, 1.54) is 0 Å². The zero-order chi connectivity index (χ0) is 20.4. The molecular weight excluding hydrogens is 386 g/mol. The fourth-order valence-electron chi connectivity index (χ4n) is 3.46. The average molecular weight is 408 g/mol. The second-order valence-electron chi connectivity index (χ2n) is 7.08. The molecule has 0 radical (unpaired) electrons. The molecule has 0 amide bonds. The summed E-state index contributed by atoms with van der Waals surface area (Å²) in [6.07, 6.45) is 5.03. The Morgan fingerprint density at radius 1 is 1.00 bits per heavy atom. The predicted octanol–water partition coefficient (Wildman–Crippen LogP) is 5.38. The molecule has 4 aromatic rings. The van der Waals surface area contributed by atoms with E-state index in [1.54, 1.807) is 34.7 Å². The van der Waals surface area contributed by atoms with Crippen LogP contribution in [0.15, 0.2) is 65.6 Å². The number of imidazole rings is 1. The minimum atomic E-state index is -0.130. The monoisotopic (exact) mass is 407 g/mol. The Balaban J connectivity index is 1.90. The number of phenols is 1. The minimum absolute atomic E-state index is 0.130. The van der Waals surface area contributed by atoms with Crippen molar-refractivity contribution >= 4 is 17.4 Å². The van der Waals surface area contributed by atoms with Crippen molar-refractivity contribution in [3.8, 4) is 28.3 Å². The van der Waals surface area contributed by atoms with E-state index in [9.17, 15) is 9.90 Å². The van der Waals surface area contributed by atoms with Gasteiger partial charge >= 0.3 is 0 Å². The van der Waals surface area contributed by atoms with E-state index in [4.69, 9.17) is 16.6 Å². The first kappa shape index (κ1) is 19.3. The van der Waals surface area contributed by atoms with Crippen LogP contribution in [0.1, 0.15) is 26.2 Å². The molecule has 1 N–H and O–H groups in total. The van der Waals surface area contributed by atoms with Gasteiger partial charge in [0.15, 0.2) is 0 Å². The molecule has 0 fully saturated rings. The topological polar surface area (TPSA) is 59.5 Å². The average Bonchev–Trinajstić information content (AvgIpc) is 3.08. The van der Waals surface area contributed by atoms with Crippen LogP contribution in [0, 0.1) is 0 Å². The van der Waals surface area contributed by atoms with Gasteiger partial charge in [-0.25, -0.2) is 4.98 Å². The first-order valence-electron chi connectivity index (χ1n) is 9.75. The molecule has 2 aromatic heterocycles. The SMILES string of the molecule is CCCCCn1c(-c2ccc(O)cc2)cn2c(=O)cc(-c3ccc(Cl)cc3)nc12. The Hall–Kier alpha value is -3.05. The van der Waals surface area contributed by atoms with Gasteiger partial charge in [0.05, 0.1) is 11.4 Å². The molecule has 0 aliphatic heterocycles. The van der Waals surface area contributed by atoms with Crippen LogP contribution in [-0.4, -0.2) is 19.1 Å². The summed E-state index contributed by atoms with van der Waals surface area (Å²) in [6.45, 7) is 2.92. The van der Waals surface area contributed by atoms with Gasteiger partial charge in [0.1, 0.15) is 5.75 Å². The molecule has 6 heteroatoms. The quantitative estimate of drug-likeness (QED) is 0.436. The van der Waals surface area contributed by atoms with Crippen molar-refractivity contribution in [2.45, 2.75) is 32.7 Å². The molecule has 0 saturated heterocycles. The maximum Gasteiger partial charge on any atom is 0.259 e. The number of hydrogen-bond donors (Lipinski definition) is 1. The van der Waals surface area contributed by atoms with Crippen molar-refractivity contribution in [3.05, 3.63) is 76.2 Å². The number of hydrogen-bond acceptors (Lipinski definition) is 3. The van der Waals surface area contributed by atoms with Gasteiger partial charge in [-0.3, -0.25) is 9.20 Å². The van der Waals surface area contributed by atoms with E-state index in [0.29, 0.717) is 16.5 Å². The molecule has 0 bridgehead atoms. The first-order valence-corrected chi connectivity index (χ1v) is 10.1. The number of fused-ring (bicyclic) bond motifs is 1. The van der Waals surface area contributed by atoms with Crippen LogP contribution in [0.2, 0.25) is 5.02 Å². The molecule has 0 atom stereocenters. The van der Waals surface area contributed by atoms with Gasteiger partial charge in [-0.1, -0.05) is 43.5 Å². The molecular formula is C23H22ClN3O2. The fraction of sp³-hybridized carbons (Fsp3) is 0.217. The Morgan fingerprint density at radius 3 is 2.38 bits per heavy atom. The van der Waals surface area contributed by atoms with Crippen molar-refractivity contribution < 1.29 is 5.11 Å². The maximum absolute atomic E-state index is 12.9. The van der Waals surface area contributed by atoms with Crippen LogP contribution in [0.5, 0.6) is 5.75 Å². The van der Waals surface area contributed by atoms with Crippen LogP contribution >= 0.6 is 11.6 Å². The summed E-state index contributed by atoms with van der Waals surface area (Å²) in [5.41, 5.74) is 3.17. The Labute approximate surface area is 173 Å². The van der Waals surface area contributed by atoms with Gasteiger partial charge in [-0.05, 0) is 42.8 Å². The Morgan fingerprint density at radius 2 is 1.69 bits per heavy atom. The first-order chi connectivity index (χ1) is 14.1. The molecule has 4 rings (SSSR count). The third-order valence-electron chi connectivity index (χ3n) is 5.01. The highest BCUT2D eigenvalue weighted by Crippen LogP contribution is 2.26. The van der Waals surface area contributed by atoms with E-state index < -0.39 is 0 Å². The number of rotatable bonds is 6. The van der Waals surface area contributed by atoms with Gasteiger partial charge < -0.3 is 9.67 Å². The number of phenolic OH excluding ortho intramolecular Hbond substituents is 1. The predicted molar refractivity (Wildman–Crippen MR) is 117 cm³/mol. The maximum atomic E-state index is 12.9. The highest BCUT2D eigenvalue weighted by molar-refractivity contribution is 6.30. The van der Waals surface area contributed by atoms with Crippen molar-refractivity contribution in [2.24, 2.45) is 0 Å². The molecule has 148 valence electrons. The van der Waals surface area contributed by atoms with Crippen LogP contribution in [0.4, 0.5) is 0 Å². The van der Waals surface area contributed by atoms with Gasteiger partial charge in [0.25, 0.3) is 5.56 Å². The fourth-order valence-corrected chi connectivity index (χ4v) is 3.59. The summed E-state index contributed by atoms with van der Waals surface area (Å²) in [5, 5.41) is 10.3. The summed E-state index contributed by atoms with van der Waals surface area (Å²) in [6, 6.07) is 15.9. The second-order valence-corrected chi connectivity index (χ2v) is 7.51. The Bertz CT molecular complexity index is 1190. The van der Waals surface area contributed by atoms with Crippen LogP contribution in [-0.2, 0) is 6.54 Å². The zero-order valence-electron chi connectivity index (χ0n) is 16.2. The van der Waals surface area contributed by atoms with Crippen molar-refractivity contribution in [2.75, 3.05) is 0 Å². The summed E-state index contributed by atoms with van der Waals surface area (Å²) in [5.74, 6) is 0.823. The lowest BCUT2D eigenvalue weighted by atomic mass is 10.1. The summed E-state index contributed by atoms with van der Waals surface area (Å²) in [7, 11) is 0. The zero-order valence-corrected chi connectivity index (χ0v) is 16.9. The lowest BCUT2D eigenvalue weighted by Crippen LogP contribution is -2.14. The van der Waals surface area contributed by atoms with Crippen molar-refractivity contribution in [1.29, 1.82) is 0 Å². The molecule has 0 aliphatic rings. The number of unbranched alkanes of at least 4 members (excludes halogenated alkanes) is 2. The summed E-state index contributed by atoms with van der Waals surface area (Å²) in [4.78, 5) is 17.7. The van der Waals surface area contributed by atoms with Gasteiger partial charge in [-0.15, -0.1) is 0 Å². The third kappa shape index (κ3) is 3.91. The number of aromatic hydroxyl groups is 1. The lowest BCUT2D eigenvalue weighted by molar-refractivity contribution is 0.475. The van der Waals surface area contributed by atoms with Crippen LogP contribution in [0.25, 0.3) is 28.3 Å². The highest BCUT2D eigenvalue weighted by atomic mass is 35.5. The number of aryl methyl sites for hydroxylation is 1. The number of nitrogens with zero attached hydrogens (tertiary/aromatic N) is 3. The van der Waals surface area contributed by atoms with Gasteiger partial charge in [0, 0.05) is 35.0 Å². The number of benzene rings is 2. The standard InChI is InChI=1S/C23H22ClN3O2/c1-2-3-4-13-26-21(17-7-11-19(28)12-8-17)15-27-22(29)14-20(25-23(26)27)16-5-9-18(24)10-6-16/h5-12,14-15,28H,2-4,13H2,1H3. The van der Waals surface area contributed by atoms with Crippen molar-refractivity contribution in [1.82, 2.24) is 14.0 Å². The minimum Gasteiger partial charge on any atom is -0.508 e. The van der Waals surface area contributed by atoms with E-state index in [1.807, 2.05) is 30.5 Å². The van der Waals surface area contributed by atoms with E-state index in [2.05, 4.69) is 11.5 Å². The molecule has 0 saturated carbocycles. The van der Waals surface area contributed by atoms with Crippen LogP contribution < -0.4 is 5.56 Å².